The first kappa shape index (κ1) is 15.4. The molecule has 0 N–H and O–H groups in total. The fraction of sp³-hybridized carbons (Fsp3) is 0.0435. The number of allylic oxidation sites excluding steroid dienone is 3. The maximum absolute atomic E-state index is 2.30. The SMILES string of the molecule is C1=CCc2ccc3c4c(ccc3c2=C1)C=CC=4c1ccccc1.[Ti]. The van der Waals surface area contributed by atoms with Crippen molar-refractivity contribution in [2.75, 3.05) is 0 Å². The van der Waals surface area contributed by atoms with E-state index in [1.165, 1.54) is 43.5 Å². The fourth-order valence-electron chi connectivity index (χ4n) is 3.78. The second-order valence-electron chi connectivity index (χ2n) is 6.18. The second kappa shape index (κ2) is 6.05. The summed E-state index contributed by atoms with van der Waals surface area (Å²) in [5.41, 5.74) is 5.36. The van der Waals surface area contributed by atoms with E-state index in [4.69, 9.17) is 0 Å². The van der Waals surface area contributed by atoms with E-state index < -0.39 is 0 Å². The summed E-state index contributed by atoms with van der Waals surface area (Å²) in [5, 5.41) is 5.48. The third-order valence-corrected chi connectivity index (χ3v) is 4.89. The molecule has 0 nitrogen and oxygen atoms in total. The number of benzene rings is 3. The van der Waals surface area contributed by atoms with Gasteiger partial charge >= 0.3 is 0 Å². The molecule has 2 aliphatic rings. The Morgan fingerprint density at radius 3 is 2.46 bits per heavy atom. The Morgan fingerprint density at radius 1 is 0.750 bits per heavy atom. The van der Waals surface area contributed by atoms with Crippen molar-refractivity contribution < 1.29 is 21.7 Å². The van der Waals surface area contributed by atoms with E-state index in [1.807, 2.05) is 0 Å². The largest absolute Gasteiger partial charge is 0.0801 e. The molecule has 3 aromatic carbocycles. The molecule has 0 radical (unpaired) electrons. The third kappa shape index (κ3) is 2.26. The van der Waals surface area contributed by atoms with Crippen LogP contribution in [0.15, 0.2) is 72.8 Å². The van der Waals surface area contributed by atoms with Crippen LogP contribution in [0, 0.1) is 0 Å². The molecule has 0 aliphatic heterocycles. The van der Waals surface area contributed by atoms with Crippen molar-refractivity contribution >= 4 is 28.5 Å². The summed E-state index contributed by atoms with van der Waals surface area (Å²) in [7, 11) is 0. The van der Waals surface area contributed by atoms with Gasteiger partial charge in [-0.05, 0) is 49.9 Å². The van der Waals surface area contributed by atoms with Crippen LogP contribution in [0.4, 0.5) is 0 Å². The smallest absolute Gasteiger partial charge is 0 e. The van der Waals surface area contributed by atoms with Gasteiger partial charge in [-0.1, -0.05) is 85.0 Å². The molecule has 0 bridgehead atoms. The van der Waals surface area contributed by atoms with E-state index in [9.17, 15) is 0 Å². The van der Waals surface area contributed by atoms with Crippen LogP contribution < -0.4 is 10.4 Å². The molecule has 0 aromatic heterocycles. The quantitative estimate of drug-likeness (QED) is 0.589. The molecule has 1 heteroatoms. The zero-order valence-corrected chi connectivity index (χ0v) is 14.9. The molecule has 0 saturated carbocycles. The van der Waals surface area contributed by atoms with Gasteiger partial charge in [-0.25, -0.2) is 0 Å². The zero-order chi connectivity index (χ0) is 15.2. The molecule has 24 heavy (non-hydrogen) atoms. The Balaban J connectivity index is 0.00000146. The van der Waals surface area contributed by atoms with Crippen molar-refractivity contribution in [3.63, 3.8) is 0 Å². The van der Waals surface area contributed by atoms with Gasteiger partial charge < -0.3 is 0 Å². The molecule has 0 saturated heterocycles. The molecule has 0 heterocycles. The second-order valence-corrected chi connectivity index (χ2v) is 6.18. The Hall–Kier alpha value is -2.15. The van der Waals surface area contributed by atoms with Crippen LogP contribution in [0.25, 0.3) is 28.5 Å². The Bertz CT molecular complexity index is 1120. The summed E-state index contributed by atoms with van der Waals surface area (Å²) in [6.45, 7) is 0. The summed E-state index contributed by atoms with van der Waals surface area (Å²) in [4.78, 5) is 0. The Morgan fingerprint density at radius 2 is 1.58 bits per heavy atom. The van der Waals surface area contributed by atoms with Gasteiger partial charge in [-0.2, -0.15) is 0 Å². The molecule has 112 valence electrons. The van der Waals surface area contributed by atoms with Gasteiger partial charge in [0.25, 0.3) is 0 Å². The average Bonchev–Trinajstić information content (AvgIpc) is 3.06. The molecule has 0 atom stereocenters. The normalized spacial score (nSPS) is 14.1. The topological polar surface area (TPSA) is 0 Å². The van der Waals surface area contributed by atoms with Crippen LogP contribution in [-0.4, -0.2) is 0 Å². The minimum atomic E-state index is 0. The monoisotopic (exact) mass is 340 g/mol. The molecule has 3 aromatic rings. The number of rotatable bonds is 1. The summed E-state index contributed by atoms with van der Waals surface area (Å²) in [6.07, 6.45) is 12.2. The first-order chi connectivity index (χ1) is 11.4. The summed E-state index contributed by atoms with van der Waals surface area (Å²) >= 11 is 0. The van der Waals surface area contributed by atoms with Crippen LogP contribution >= 0.6 is 0 Å². The molecule has 0 unspecified atom stereocenters. The van der Waals surface area contributed by atoms with E-state index in [1.54, 1.807) is 0 Å². The minimum Gasteiger partial charge on any atom is -0.0801 e. The Labute approximate surface area is 156 Å². The van der Waals surface area contributed by atoms with Crippen LogP contribution in [0.2, 0.25) is 0 Å². The van der Waals surface area contributed by atoms with E-state index in [2.05, 4.69) is 85.0 Å². The van der Waals surface area contributed by atoms with Gasteiger partial charge in [-0.15, -0.1) is 0 Å². The standard InChI is InChI=1S/C23H16.Ti/c1-2-6-16(7-3-1)20-13-11-18-12-14-21-19-9-5-4-8-17(19)10-15-22(21)23(18)20;/h1-7,9-15H,8H2;. The van der Waals surface area contributed by atoms with Gasteiger partial charge in [-0.3, -0.25) is 0 Å². The summed E-state index contributed by atoms with van der Waals surface area (Å²) in [5.74, 6) is 0. The van der Waals surface area contributed by atoms with E-state index >= 15 is 0 Å². The minimum absolute atomic E-state index is 0. The van der Waals surface area contributed by atoms with E-state index in [-0.39, 0.29) is 21.7 Å². The van der Waals surface area contributed by atoms with Crippen molar-refractivity contribution in [2.45, 2.75) is 6.42 Å². The maximum Gasteiger partial charge on any atom is 0 e. The van der Waals surface area contributed by atoms with Crippen LogP contribution in [0.5, 0.6) is 0 Å². The van der Waals surface area contributed by atoms with Crippen LogP contribution in [0.3, 0.4) is 0 Å². The molecule has 0 fully saturated rings. The van der Waals surface area contributed by atoms with Crippen molar-refractivity contribution in [3.05, 3.63) is 100.0 Å². The molecular weight excluding hydrogens is 324 g/mol. The summed E-state index contributed by atoms with van der Waals surface area (Å²) < 4.78 is 0. The molecule has 5 rings (SSSR count). The van der Waals surface area contributed by atoms with Gasteiger partial charge in [0.05, 0.1) is 0 Å². The van der Waals surface area contributed by atoms with Gasteiger partial charge in [0.2, 0.25) is 0 Å². The van der Waals surface area contributed by atoms with E-state index in [0.29, 0.717) is 0 Å². The number of hydrogen-bond acceptors (Lipinski definition) is 0. The molecular formula is C23H16Ti. The van der Waals surface area contributed by atoms with Crippen LogP contribution in [0.1, 0.15) is 16.7 Å². The maximum atomic E-state index is 2.30. The predicted molar refractivity (Wildman–Crippen MR) is 98.5 cm³/mol. The zero-order valence-electron chi connectivity index (χ0n) is 13.3. The van der Waals surface area contributed by atoms with Gasteiger partial charge in [0.1, 0.15) is 0 Å². The van der Waals surface area contributed by atoms with Gasteiger partial charge in [0, 0.05) is 21.7 Å². The van der Waals surface area contributed by atoms with Crippen molar-refractivity contribution in [1.29, 1.82) is 0 Å². The average molecular weight is 340 g/mol. The summed E-state index contributed by atoms with van der Waals surface area (Å²) in [6, 6.07) is 19.8. The number of fused-ring (bicyclic) bond motifs is 5. The molecule has 0 spiro atoms. The number of hydrogen-bond donors (Lipinski definition) is 0. The fourth-order valence-corrected chi connectivity index (χ4v) is 3.78. The molecule has 2 aliphatic carbocycles. The first-order valence-electron chi connectivity index (χ1n) is 8.11. The van der Waals surface area contributed by atoms with Crippen LogP contribution in [-0.2, 0) is 28.1 Å². The Kier molecular flexibility index (Phi) is 3.88. The van der Waals surface area contributed by atoms with Crippen molar-refractivity contribution in [1.82, 2.24) is 0 Å². The van der Waals surface area contributed by atoms with Crippen molar-refractivity contribution in [2.24, 2.45) is 0 Å². The predicted octanol–water partition coefficient (Wildman–Crippen LogP) is 3.96. The first-order valence-corrected chi connectivity index (χ1v) is 8.11. The van der Waals surface area contributed by atoms with Crippen molar-refractivity contribution in [3.8, 4) is 0 Å². The third-order valence-electron chi connectivity index (χ3n) is 4.89. The van der Waals surface area contributed by atoms with Gasteiger partial charge in [0.15, 0.2) is 0 Å². The van der Waals surface area contributed by atoms with E-state index in [0.717, 1.165) is 6.42 Å². The molecule has 0 amide bonds.